The maximum absolute atomic E-state index is 12.1. The fourth-order valence-corrected chi connectivity index (χ4v) is 2.70. The highest BCUT2D eigenvalue weighted by molar-refractivity contribution is 7.15. The molecule has 0 spiro atoms. The molecule has 0 aliphatic rings. The monoisotopic (exact) mass is 283 g/mol. The smallest absolute Gasteiger partial charge is 0.229 e. The van der Waals surface area contributed by atoms with Crippen LogP contribution in [0, 0.1) is 5.92 Å². The van der Waals surface area contributed by atoms with E-state index in [2.05, 4.69) is 36.3 Å². The number of hydrogen-bond acceptors (Lipinski definition) is 4. The number of anilines is 1. The lowest BCUT2D eigenvalue weighted by molar-refractivity contribution is -0.120. The third-order valence-electron chi connectivity index (χ3n) is 3.21. The van der Waals surface area contributed by atoms with Gasteiger partial charge in [-0.25, -0.2) is 0 Å². The van der Waals surface area contributed by atoms with Gasteiger partial charge in [-0.1, -0.05) is 51.4 Å². The van der Waals surface area contributed by atoms with Crippen LogP contribution in [0.4, 0.5) is 5.13 Å². The highest BCUT2D eigenvalue weighted by Gasteiger charge is 2.17. The SMILES string of the molecule is CCCCc1nnc(NC(=O)C(CC)CCCC)s1. The standard InChI is InChI=1S/C14H25N3OS/c1-4-7-9-11(6-3)13(18)15-14-17-16-12(19-14)10-8-5-2/h11H,4-10H2,1-3H3,(H,15,17,18). The van der Waals surface area contributed by atoms with Crippen molar-refractivity contribution in [3.8, 4) is 0 Å². The van der Waals surface area contributed by atoms with Gasteiger partial charge in [0.1, 0.15) is 5.01 Å². The molecular weight excluding hydrogens is 258 g/mol. The minimum Gasteiger partial charge on any atom is -0.300 e. The second-order valence-corrected chi connectivity index (χ2v) is 5.90. The number of hydrogen-bond donors (Lipinski definition) is 1. The van der Waals surface area contributed by atoms with Gasteiger partial charge in [0, 0.05) is 12.3 Å². The molecule has 1 atom stereocenters. The Bertz CT molecular complexity index is 379. The molecule has 4 nitrogen and oxygen atoms in total. The zero-order valence-electron chi connectivity index (χ0n) is 12.2. The van der Waals surface area contributed by atoms with E-state index < -0.39 is 0 Å². The van der Waals surface area contributed by atoms with Crippen LogP contribution in [0.25, 0.3) is 0 Å². The molecule has 19 heavy (non-hydrogen) atoms. The maximum Gasteiger partial charge on any atom is 0.229 e. The highest BCUT2D eigenvalue weighted by Crippen LogP contribution is 2.20. The van der Waals surface area contributed by atoms with E-state index in [0.717, 1.165) is 50.0 Å². The van der Waals surface area contributed by atoms with Gasteiger partial charge in [0.15, 0.2) is 0 Å². The first-order valence-corrected chi connectivity index (χ1v) is 8.16. The number of aryl methyl sites for hydroxylation is 1. The number of carbonyl (C=O) groups excluding carboxylic acids is 1. The van der Waals surface area contributed by atoms with Crippen LogP contribution in [0.2, 0.25) is 0 Å². The van der Waals surface area contributed by atoms with Crippen LogP contribution < -0.4 is 5.32 Å². The number of unbranched alkanes of at least 4 members (excludes halogenated alkanes) is 2. The van der Waals surface area contributed by atoms with Gasteiger partial charge in [0.2, 0.25) is 11.0 Å². The summed E-state index contributed by atoms with van der Waals surface area (Å²) in [5.41, 5.74) is 0. The molecule has 1 N–H and O–H groups in total. The zero-order chi connectivity index (χ0) is 14.1. The number of aromatic nitrogens is 2. The van der Waals surface area contributed by atoms with Crippen molar-refractivity contribution >= 4 is 22.4 Å². The van der Waals surface area contributed by atoms with E-state index in [0.29, 0.717) is 5.13 Å². The molecule has 0 aliphatic heterocycles. The van der Waals surface area contributed by atoms with Gasteiger partial charge in [-0.3, -0.25) is 4.79 Å². The molecule has 1 amide bonds. The second-order valence-electron chi connectivity index (χ2n) is 4.84. The van der Waals surface area contributed by atoms with Gasteiger partial charge in [0.25, 0.3) is 0 Å². The molecule has 1 rings (SSSR count). The van der Waals surface area contributed by atoms with E-state index >= 15 is 0 Å². The van der Waals surface area contributed by atoms with Gasteiger partial charge in [-0.2, -0.15) is 0 Å². The Morgan fingerprint density at radius 2 is 1.95 bits per heavy atom. The molecule has 1 aromatic rings. The Kier molecular flexibility index (Phi) is 7.63. The molecule has 5 heteroatoms. The van der Waals surface area contributed by atoms with E-state index in [4.69, 9.17) is 0 Å². The van der Waals surface area contributed by atoms with Crippen LogP contribution in [0.5, 0.6) is 0 Å². The molecule has 0 radical (unpaired) electrons. The topological polar surface area (TPSA) is 54.9 Å². The molecule has 1 aromatic heterocycles. The molecular formula is C14H25N3OS. The van der Waals surface area contributed by atoms with Crippen molar-refractivity contribution in [1.82, 2.24) is 10.2 Å². The molecule has 0 saturated carbocycles. The average molecular weight is 283 g/mol. The molecule has 0 aliphatic carbocycles. The highest BCUT2D eigenvalue weighted by atomic mass is 32.1. The Hall–Kier alpha value is -0.970. The molecule has 1 heterocycles. The molecule has 0 fully saturated rings. The summed E-state index contributed by atoms with van der Waals surface area (Å²) in [4.78, 5) is 12.1. The van der Waals surface area contributed by atoms with Crippen LogP contribution in [-0.4, -0.2) is 16.1 Å². The van der Waals surface area contributed by atoms with Gasteiger partial charge in [-0.05, 0) is 19.3 Å². The van der Waals surface area contributed by atoms with Gasteiger partial charge < -0.3 is 5.32 Å². The van der Waals surface area contributed by atoms with Crippen LogP contribution >= 0.6 is 11.3 Å². The Balaban J connectivity index is 2.48. The van der Waals surface area contributed by atoms with Crippen molar-refractivity contribution < 1.29 is 4.79 Å². The predicted octanol–water partition coefficient (Wildman–Crippen LogP) is 4.04. The largest absolute Gasteiger partial charge is 0.300 e. The van der Waals surface area contributed by atoms with Gasteiger partial charge in [0.05, 0.1) is 0 Å². The lowest BCUT2D eigenvalue weighted by Crippen LogP contribution is -2.22. The fraction of sp³-hybridized carbons (Fsp3) is 0.786. The van der Waals surface area contributed by atoms with Crippen LogP contribution in [0.3, 0.4) is 0 Å². The maximum atomic E-state index is 12.1. The first-order chi connectivity index (χ1) is 9.21. The van der Waals surface area contributed by atoms with E-state index in [9.17, 15) is 4.79 Å². The number of nitrogens with zero attached hydrogens (tertiary/aromatic N) is 2. The molecule has 0 aromatic carbocycles. The molecule has 0 saturated heterocycles. The van der Waals surface area contributed by atoms with E-state index in [1.807, 2.05) is 0 Å². The third-order valence-corrected chi connectivity index (χ3v) is 4.11. The number of nitrogens with one attached hydrogen (secondary N) is 1. The summed E-state index contributed by atoms with van der Waals surface area (Å²) < 4.78 is 0. The summed E-state index contributed by atoms with van der Waals surface area (Å²) in [5, 5.41) is 12.7. The summed E-state index contributed by atoms with van der Waals surface area (Å²) in [6.07, 6.45) is 7.30. The number of rotatable bonds is 9. The Morgan fingerprint density at radius 3 is 2.58 bits per heavy atom. The number of carbonyl (C=O) groups is 1. The van der Waals surface area contributed by atoms with Gasteiger partial charge in [-0.15, -0.1) is 10.2 Å². The molecule has 0 bridgehead atoms. The fourth-order valence-electron chi connectivity index (χ4n) is 1.91. The normalized spacial score (nSPS) is 12.4. The van der Waals surface area contributed by atoms with Crippen molar-refractivity contribution in [2.75, 3.05) is 5.32 Å². The van der Waals surface area contributed by atoms with Crippen LogP contribution in [0.15, 0.2) is 0 Å². The quantitative estimate of drug-likeness (QED) is 0.744. The van der Waals surface area contributed by atoms with Crippen molar-refractivity contribution in [2.45, 2.75) is 65.7 Å². The minimum absolute atomic E-state index is 0.0918. The summed E-state index contributed by atoms with van der Waals surface area (Å²) in [6.45, 7) is 6.37. The molecule has 1 unspecified atom stereocenters. The first-order valence-electron chi connectivity index (χ1n) is 7.34. The van der Waals surface area contributed by atoms with E-state index in [-0.39, 0.29) is 11.8 Å². The lowest BCUT2D eigenvalue weighted by Gasteiger charge is -2.12. The van der Waals surface area contributed by atoms with E-state index in [1.165, 1.54) is 11.3 Å². The third kappa shape index (κ3) is 5.68. The zero-order valence-corrected chi connectivity index (χ0v) is 13.1. The summed E-state index contributed by atoms with van der Waals surface area (Å²) in [6, 6.07) is 0. The van der Waals surface area contributed by atoms with Crippen molar-refractivity contribution in [1.29, 1.82) is 0 Å². The molecule has 108 valence electrons. The van der Waals surface area contributed by atoms with E-state index in [1.54, 1.807) is 0 Å². The minimum atomic E-state index is 0.0918. The van der Waals surface area contributed by atoms with Gasteiger partial charge >= 0.3 is 0 Å². The summed E-state index contributed by atoms with van der Waals surface area (Å²) in [7, 11) is 0. The first kappa shape index (κ1) is 16.1. The second kappa shape index (κ2) is 9.02. The predicted molar refractivity (Wildman–Crippen MR) is 80.5 cm³/mol. The van der Waals surface area contributed by atoms with Crippen molar-refractivity contribution in [2.24, 2.45) is 5.92 Å². The lowest BCUT2D eigenvalue weighted by atomic mass is 9.99. The Morgan fingerprint density at radius 1 is 1.21 bits per heavy atom. The van der Waals surface area contributed by atoms with Crippen LogP contribution in [0.1, 0.15) is 64.3 Å². The van der Waals surface area contributed by atoms with Crippen LogP contribution in [-0.2, 0) is 11.2 Å². The average Bonchev–Trinajstić information content (AvgIpc) is 2.84. The summed E-state index contributed by atoms with van der Waals surface area (Å²) >= 11 is 1.50. The summed E-state index contributed by atoms with van der Waals surface area (Å²) in [5.74, 6) is 0.192. The van der Waals surface area contributed by atoms with Crippen molar-refractivity contribution in [3.05, 3.63) is 5.01 Å². The number of amides is 1. The Labute approximate surface area is 120 Å². The van der Waals surface area contributed by atoms with Crippen molar-refractivity contribution in [3.63, 3.8) is 0 Å².